The maximum atomic E-state index is 14.7. The smallest absolute Gasteiger partial charge is 0.263 e. The first kappa shape index (κ1) is 30.3. The second-order valence-electron chi connectivity index (χ2n) is 11.7. The summed E-state index contributed by atoms with van der Waals surface area (Å²) in [6.07, 6.45) is 1.41. The molecule has 2 aliphatic rings. The van der Waals surface area contributed by atoms with E-state index in [-0.39, 0.29) is 28.8 Å². The summed E-state index contributed by atoms with van der Waals surface area (Å²) >= 11 is 1.22. The molecule has 2 aliphatic heterocycles. The minimum Gasteiger partial charge on any atom is -0.494 e. The highest BCUT2D eigenvalue weighted by atomic mass is 32.2. The Hall–Kier alpha value is -3.17. The van der Waals surface area contributed by atoms with Crippen LogP contribution in [0.2, 0.25) is 0 Å². The monoisotopic (exact) mass is 613 g/mol. The third kappa shape index (κ3) is 5.86. The number of ether oxygens (including phenoxy) is 2. The van der Waals surface area contributed by atoms with Gasteiger partial charge in [-0.15, -0.1) is 11.3 Å². The van der Waals surface area contributed by atoms with Crippen molar-refractivity contribution >= 4 is 33.9 Å². The summed E-state index contributed by atoms with van der Waals surface area (Å²) in [6, 6.07) is 10.5. The van der Waals surface area contributed by atoms with E-state index in [1.807, 2.05) is 20.8 Å². The first-order valence-electron chi connectivity index (χ1n) is 13.7. The van der Waals surface area contributed by atoms with Crippen LogP contribution in [0.25, 0.3) is 26.4 Å². The fraction of sp³-hybridized carbons (Fsp3) is 0.419. The molecule has 2 aromatic carbocycles. The van der Waals surface area contributed by atoms with Crippen LogP contribution >= 0.6 is 11.3 Å². The molecule has 222 valence electrons. The van der Waals surface area contributed by atoms with Gasteiger partial charge in [-0.25, -0.2) is 22.6 Å². The quantitative estimate of drug-likeness (QED) is 0.319. The van der Waals surface area contributed by atoms with Gasteiger partial charge in [0.15, 0.2) is 11.6 Å². The Morgan fingerprint density at radius 3 is 2.45 bits per heavy atom. The molecule has 2 unspecified atom stereocenters. The number of thiophene rings is 1. The third-order valence-corrected chi connectivity index (χ3v) is 10.8. The molecular weight excluding hydrogens is 580 g/mol. The molecule has 2 fully saturated rings. The number of amides is 1. The lowest BCUT2D eigenvalue weighted by atomic mass is 9.75. The summed E-state index contributed by atoms with van der Waals surface area (Å²) in [6.45, 7) is 15.0. The van der Waals surface area contributed by atoms with Crippen LogP contribution in [0.1, 0.15) is 43.3 Å². The minimum atomic E-state index is -1.23. The van der Waals surface area contributed by atoms with Crippen molar-refractivity contribution in [1.29, 1.82) is 0 Å². The first-order valence-corrected chi connectivity index (χ1v) is 15.6. The molecular formula is C31H33F2N3O4S2. The lowest BCUT2D eigenvalue weighted by Gasteiger charge is -2.42. The Bertz CT molecular complexity index is 1570. The number of benzene rings is 2. The van der Waals surface area contributed by atoms with Gasteiger partial charge >= 0.3 is 0 Å². The van der Waals surface area contributed by atoms with E-state index in [4.69, 9.17) is 16.0 Å². The molecule has 1 amide bonds. The van der Waals surface area contributed by atoms with Crippen molar-refractivity contribution in [3.05, 3.63) is 70.4 Å². The number of rotatable bonds is 6. The van der Waals surface area contributed by atoms with Crippen molar-refractivity contribution in [2.75, 3.05) is 33.4 Å². The molecule has 7 nitrogen and oxygen atoms in total. The molecule has 0 saturated carbocycles. The molecule has 11 heteroatoms. The number of halogens is 2. The Morgan fingerprint density at radius 1 is 1.14 bits per heavy atom. The van der Waals surface area contributed by atoms with Gasteiger partial charge in [0.25, 0.3) is 5.91 Å². The summed E-state index contributed by atoms with van der Waals surface area (Å²) in [5.74, 6) is -1.27. The van der Waals surface area contributed by atoms with Gasteiger partial charge < -0.3 is 14.4 Å². The Labute approximate surface area is 251 Å². The van der Waals surface area contributed by atoms with Crippen LogP contribution in [-0.4, -0.2) is 59.2 Å². The molecule has 1 spiro atoms. The Morgan fingerprint density at radius 2 is 1.83 bits per heavy atom. The van der Waals surface area contributed by atoms with Crippen molar-refractivity contribution in [2.45, 2.75) is 44.4 Å². The van der Waals surface area contributed by atoms with Gasteiger partial charge in [0, 0.05) is 28.9 Å². The van der Waals surface area contributed by atoms with Gasteiger partial charge in [0.05, 0.1) is 53.5 Å². The molecule has 1 aromatic heterocycles. The average Bonchev–Trinajstić information content (AvgIpc) is 3.57. The van der Waals surface area contributed by atoms with Crippen LogP contribution in [0.3, 0.4) is 0 Å². The lowest BCUT2D eigenvalue weighted by molar-refractivity contribution is 0.0507. The molecule has 0 radical (unpaired) electrons. The molecule has 5 rings (SSSR count). The van der Waals surface area contributed by atoms with E-state index in [0.717, 1.165) is 0 Å². The van der Waals surface area contributed by atoms with Crippen LogP contribution in [0.4, 0.5) is 14.5 Å². The van der Waals surface area contributed by atoms with Gasteiger partial charge in [-0.05, 0) is 75.1 Å². The van der Waals surface area contributed by atoms with Crippen LogP contribution in [0, 0.1) is 23.6 Å². The molecule has 0 aliphatic carbocycles. The highest BCUT2D eigenvalue weighted by molar-refractivity contribution is 7.84. The molecule has 2 atom stereocenters. The highest BCUT2D eigenvalue weighted by Gasteiger charge is 2.48. The molecule has 2 saturated heterocycles. The van der Waals surface area contributed by atoms with Crippen molar-refractivity contribution in [3.63, 3.8) is 0 Å². The highest BCUT2D eigenvalue weighted by Crippen LogP contribution is 2.44. The SMILES string of the molecule is [C-]#[N+]c1ccc(-c2cc(C(=O)N3CCC4(CC3)COCC4NS(=O)C(C)(C)C)sc2-c2ccc(OC)c(F)c2)cc1F. The van der Waals surface area contributed by atoms with E-state index in [1.54, 1.807) is 23.1 Å². The first-order chi connectivity index (χ1) is 20.0. The van der Waals surface area contributed by atoms with Crippen LogP contribution in [-0.2, 0) is 15.7 Å². The summed E-state index contributed by atoms with van der Waals surface area (Å²) in [5, 5.41) is 0. The zero-order valence-corrected chi connectivity index (χ0v) is 25.6. The second kappa shape index (κ2) is 11.8. The largest absolute Gasteiger partial charge is 0.494 e. The van der Waals surface area contributed by atoms with Crippen LogP contribution in [0.15, 0.2) is 42.5 Å². The lowest BCUT2D eigenvalue weighted by Crippen LogP contribution is -2.53. The zero-order chi connectivity index (χ0) is 30.2. The fourth-order valence-electron chi connectivity index (χ4n) is 5.42. The zero-order valence-electron chi connectivity index (χ0n) is 24.0. The number of hydrogen-bond acceptors (Lipinski definition) is 5. The molecule has 42 heavy (non-hydrogen) atoms. The summed E-state index contributed by atoms with van der Waals surface area (Å²) in [4.78, 5) is 19.9. The number of carbonyl (C=O) groups excluding carboxylic acids is 1. The number of carbonyl (C=O) groups is 1. The van der Waals surface area contributed by atoms with E-state index in [9.17, 15) is 17.8 Å². The average molecular weight is 614 g/mol. The number of methoxy groups -OCH3 is 1. The van der Waals surface area contributed by atoms with Gasteiger partial charge in [0.2, 0.25) is 5.69 Å². The molecule has 1 N–H and O–H groups in total. The maximum Gasteiger partial charge on any atom is 0.263 e. The normalized spacial score (nSPS) is 19.1. The van der Waals surface area contributed by atoms with Crippen LogP contribution in [0.5, 0.6) is 5.75 Å². The second-order valence-corrected chi connectivity index (χ2v) is 14.8. The van der Waals surface area contributed by atoms with E-state index in [0.29, 0.717) is 65.6 Å². The number of hydrogen-bond donors (Lipinski definition) is 1. The van der Waals surface area contributed by atoms with Gasteiger partial charge in [-0.3, -0.25) is 4.79 Å². The number of likely N-dealkylation sites (tertiary alicyclic amines) is 1. The summed E-state index contributed by atoms with van der Waals surface area (Å²) in [7, 11) is 0.152. The van der Waals surface area contributed by atoms with Crippen molar-refractivity contribution < 1.29 is 27.3 Å². The standard InChI is InChI=1S/C31H33F2N3O4S2/c1-30(2,3)42(38)35-27-17-40-18-31(27)10-12-36(13-11-31)29(37)26-16-21(19-6-8-24(34-4)22(32)14-19)28(41-26)20-7-9-25(39-5)23(33)15-20/h6-9,14-16,27,35H,10-13,17-18H2,1-3,5H3. The third-order valence-electron chi connectivity index (χ3n) is 8.00. The van der Waals surface area contributed by atoms with Crippen molar-refractivity contribution in [1.82, 2.24) is 9.62 Å². The van der Waals surface area contributed by atoms with E-state index in [2.05, 4.69) is 9.57 Å². The predicted molar refractivity (Wildman–Crippen MR) is 161 cm³/mol. The minimum absolute atomic E-state index is 0.0620. The molecule has 3 aromatic rings. The number of nitrogens with one attached hydrogen (secondary N) is 1. The van der Waals surface area contributed by atoms with E-state index in [1.165, 1.54) is 42.7 Å². The summed E-state index contributed by atoms with van der Waals surface area (Å²) < 4.78 is 55.9. The van der Waals surface area contributed by atoms with Crippen molar-refractivity contribution in [2.24, 2.45) is 5.41 Å². The fourth-order valence-corrected chi connectivity index (χ4v) is 7.50. The van der Waals surface area contributed by atoms with Gasteiger partial charge in [-0.1, -0.05) is 12.1 Å². The topological polar surface area (TPSA) is 72.2 Å². The number of piperidine rings is 1. The van der Waals surface area contributed by atoms with E-state index < -0.39 is 27.4 Å². The van der Waals surface area contributed by atoms with Gasteiger partial charge in [0.1, 0.15) is 5.82 Å². The summed E-state index contributed by atoms with van der Waals surface area (Å²) in [5.41, 5.74) is 1.30. The van der Waals surface area contributed by atoms with E-state index >= 15 is 0 Å². The number of nitrogens with zero attached hydrogens (tertiary/aromatic N) is 2. The van der Waals surface area contributed by atoms with Crippen molar-refractivity contribution in [3.8, 4) is 27.3 Å². The van der Waals surface area contributed by atoms with Gasteiger partial charge in [-0.2, -0.15) is 0 Å². The van der Waals surface area contributed by atoms with Crippen LogP contribution < -0.4 is 9.46 Å². The molecule has 3 heterocycles. The predicted octanol–water partition coefficient (Wildman–Crippen LogP) is 6.59. The molecule has 0 bridgehead atoms. The maximum absolute atomic E-state index is 14.7. The Kier molecular flexibility index (Phi) is 8.54. The Balaban J connectivity index is 1.42.